The minimum absolute atomic E-state index is 0.393. The molecular weight excluding hydrogens is 284 g/mol. The number of ether oxygens (including phenoxy) is 1. The first kappa shape index (κ1) is 15.8. The summed E-state index contributed by atoms with van der Waals surface area (Å²) in [6.07, 6.45) is 0. The molecule has 0 unspecified atom stereocenters. The molecule has 112 valence electrons. The van der Waals surface area contributed by atoms with Gasteiger partial charge >= 0.3 is 0 Å². The van der Waals surface area contributed by atoms with E-state index in [9.17, 15) is 0 Å². The van der Waals surface area contributed by atoms with Gasteiger partial charge < -0.3 is 10.1 Å². The number of nitrogens with one attached hydrogen (secondary N) is 1. The third-order valence-corrected chi connectivity index (χ3v) is 3.59. The second-order valence-electron chi connectivity index (χ2n) is 5.41. The van der Waals surface area contributed by atoms with Crippen molar-refractivity contribution in [1.82, 2.24) is 10.3 Å². The first-order valence-electron chi connectivity index (χ1n) is 7.09. The number of hydrogen-bond donors (Lipinski definition) is 1. The minimum Gasteiger partial charge on any atom is -0.439 e. The van der Waals surface area contributed by atoms with E-state index in [2.05, 4.69) is 43.2 Å². The van der Waals surface area contributed by atoms with Gasteiger partial charge in [0.2, 0.25) is 5.88 Å². The molecule has 2 rings (SSSR count). The molecule has 2 aromatic rings. The Hall–Kier alpha value is -1.58. The average molecular weight is 305 g/mol. The van der Waals surface area contributed by atoms with Gasteiger partial charge in [0, 0.05) is 12.6 Å². The molecule has 0 radical (unpaired) electrons. The highest BCUT2D eigenvalue weighted by Gasteiger charge is 2.11. The van der Waals surface area contributed by atoms with E-state index in [1.807, 2.05) is 19.2 Å². The molecule has 1 heterocycles. The van der Waals surface area contributed by atoms with E-state index in [0.717, 1.165) is 11.4 Å². The van der Waals surface area contributed by atoms with Crippen LogP contribution < -0.4 is 10.1 Å². The maximum absolute atomic E-state index is 6.13. The summed E-state index contributed by atoms with van der Waals surface area (Å²) >= 11 is 6.13. The largest absolute Gasteiger partial charge is 0.439 e. The van der Waals surface area contributed by atoms with Gasteiger partial charge in [0.15, 0.2) is 0 Å². The van der Waals surface area contributed by atoms with Crippen molar-refractivity contribution in [3.05, 3.63) is 52.2 Å². The molecule has 0 aliphatic heterocycles. The lowest BCUT2D eigenvalue weighted by Crippen LogP contribution is -2.08. The molecule has 1 aromatic carbocycles. The Labute approximate surface area is 131 Å². The zero-order chi connectivity index (χ0) is 15.4. The van der Waals surface area contributed by atoms with E-state index in [1.54, 1.807) is 6.07 Å². The summed E-state index contributed by atoms with van der Waals surface area (Å²) in [7, 11) is 1.86. The summed E-state index contributed by atoms with van der Waals surface area (Å²) in [5, 5.41) is 3.70. The first-order valence-corrected chi connectivity index (χ1v) is 7.47. The fourth-order valence-electron chi connectivity index (χ4n) is 2.13. The molecule has 4 heteroatoms. The maximum atomic E-state index is 6.13. The van der Waals surface area contributed by atoms with E-state index in [1.165, 1.54) is 11.1 Å². The van der Waals surface area contributed by atoms with E-state index in [4.69, 9.17) is 16.3 Å². The van der Waals surface area contributed by atoms with E-state index in [0.29, 0.717) is 23.4 Å². The number of nitrogens with zero attached hydrogens (tertiary/aromatic N) is 1. The van der Waals surface area contributed by atoms with Gasteiger partial charge in [0.05, 0.1) is 10.7 Å². The number of aryl methyl sites for hydroxylation is 1. The van der Waals surface area contributed by atoms with Gasteiger partial charge in [0.1, 0.15) is 5.75 Å². The number of rotatable bonds is 5. The molecule has 0 atom stereocenters. The number of pyridine rings is 1. The minimum atomic E-state index is 0.393. The van der Waals surface area contributed by atoms with Crippen LogP contribution in [0.2, 0.25) is 5.02 Å². The van der Waals surface area contributed by atoms with Crippen LogP contribution in [0.25, 0.3) is 0 Å². The predicted molar refractivity (Wildman–Crippen MR) is 87.4 cm³/mol. The van der Waals surface area contributed by atoms with Crippen LogP contribution in [0.4, 0.5) is 0 Å². The Morgan fingerprint density at radius 3 is 2.67 bits per heavy atom. The van der Waals surface area contributed by atoms with Crippen LogP contribution in [0, 0.1) is 6.92 Å². The van der Waals surface area contributed by atoms with Crippen molar-refractivity contribution >= 4 is 11.6 Å². The van der Waals surface area contributed by atoms with E-state index < -0.39 is 0 Å². The Morgan fingerprint density at radius 1 is 1.24 bits per heavy atom. The highest BCUT2D eigenvalue weighted by Crippen LogP contribution is 2.31. The molecule has 0 aliphatic rings. The topological polar surface area (TPSA) is 34.2 Å². The lowest BCUT2D eigenvalue weighted by atomic mass is 10.0. The molecule has 0 spiro atoms. The number of benzene rings is 1. The smallest absolute Gasteiger partial charge is 0.219 e. The first-order chi connectivity index (χ1) is 10.0. The average Bonchev–Trinajstić information content (AvgIpc) is 2.42. The van der Waals surface area contributed by atoms with Crippen molar-refractivity contribution in [3.8, 4) is 11.6 Å². The summed E-state index contributed by atoms with van der Waals surface area (Å²) < 4.78 is 6.00. The Kier molecular flexibility index (Phi) is 5.21. The van der Waals surface area contributed by atoms with Crippen LogP contribution in [-0.4, -0.2) is 12.0 Å². The highest BCUT2D eigenvalue weighted by atomic mass is 35.5. The molecule has 0 bridgehead atoms. The van der Waals surface area contributed by atoms with Crippen LogP contribution in [-0.2, 0) is 6.54 Å². The molecule has 0 saturated carbocycles. The molecule has 0 saturated heterocycles. The lowest BCUT2D eigenvalue weighted by molar-refractivity contribution is 0.451. The molecule has 3 nitrogen and oxygen atoms in total. The molecule has 0 amide bonds. The summed E-state index contributed by atoms with van der Waals surface area (Å²) in [5.41, 5.74) is 3.13. The van der Waals surface area contributed by atoms with E-state index >= 15 is 0 Å². The Morgan fingerprint density at radius 2 is 2.00 bits per heavy atom. The van der Waals surface area contributed by atoms with Gasteiger partial charge in [-0.1, -0.05) is 37.6 Å². The number of halogens is 1. The maximum Gasteiger partial charge on any atom is 0.219 e. The SMILES string of the molecule is CNCc1nc(Oc2cc(C)ccc2C(C)C)ccc1Cl. The lowest BCUT2D eigenvalue weighted by Gasteiger charge is -2.14. The van der Waals surface area contributed by atoms with Gasteiger partial charge in [0.25, 0.3) is 0 Å². The second kappa shape index (κ2) is 6.92. The van der Waals surface area contributed by atoms with Crippen LogP contribution in [0.15, 0.2) is 30.3 Å². The van der Waals surface area contributed by atoms with Crippen LogP contribution in [0.1, 0.15) is 36.6 Å². The van der Waals surface area contributed by atoms with Crippen molar-refractivity contribution in [2.45, 2.75) is 33.2 Å². The van der Waals surface area contributed by atoms with Gasteiger partial charge in [-0.2, -0.15) is 0 Å². The number of hydrogen-bond acceptors (Lipinski definition) is 3. The van der Waals surface area contributed by atoms with Crippen LogP contribution in [0.5, 0.6) is 11.6 Å². The van der Waals surface area contributed by atoms with Crippen LogP contribution >= 0.6 is 11.6 Å². The Bertz CT molecular complexity index is 626. The van der Waals surface area contributed by atoms with Crippen molar-refractivity contribution in [2.75, 3.05) is 7.05 Å². The summed E-state index contributed by atoms with van der Waals surface area (Å²) in [6, 6.07) is 9.88. The fourth-order valence-corrected chi connectivity index (χ4v) is 2.30. The predicted octanol–water partition coefficient (Wildman–Crippen LogP) is 4.68. The van der Waals surface area contributed by atoms with Gasteiger partial charge in [-0.3, -0.25) is 0 Å². The molecule has 21 heavy (non-hydrogen) atoms. The summed E-state index contributed by atoms with van der Waals surface area (Å²) in [6.45, 7) is 6.97. The molecule has 1 N–H and O–H groups in total. The zero-order valence-electron chi connectivity index (χ0n) is 12.9. The third-order valence-electron chi connectivity index (χ3n) is 3.24. The fraction of sp³-hybridized carbons (Fsp3) is 0.353. The highest BCUT2D eigenvalue weighted by molar-refractivity contribution is 6.31. The second-order valence-corrected chi connectivity index (χ2v) is 5.81. The van der Waals surface area contributed by atoms with Crippen molar-refractivity contribution in [1.29, 1.82) is 0 Å². The quantitative estimate of drug-likeness (QED) is 0.871. The van der Waals surface area contributed by atoms with E-state index in [-0.39, 0.29) is 0 Å². The number of aromatic nitrogens is 1. The summed E-state index contributed by atoms with van der Waals surface area (Å²) in [4.78, 5) is 4.47. The molecule has 0 aliphatic carbocycles. The van der Waals surface area contributed by atoms with Crippen LogP contribution in [0.3, 0.4) is 0 Å². The van der Waals surface area contributed by atoms with Crippen molar-refractivity contribution < 1.29 is 4.74 Å². The van der Waals surface area contributed by atoms with Crippen molar-refractivity contribution in [3.63, 3.8) is 0 Å². The molecule has 0 fully saturated rings. The Balaban J connectivity index is 2.33. The zero-order valence-corrected chi connectivity index (χ0v) is 13.7. The van der Waals surface area contributed by atoms with Crippen molar-refractivity contribution in [2.24, 2.45) is 0 Å². The third kappa shape index (κ3) is 3.96. The standard InChI is InChI=1S/C17H21ClN2O/c1-11(2)13-6-5-12(3)9-16(13)21-17-8-7-14(18)15(20-17)10-19-4/h5-9,11,19H,10H2,1-4H3. The normalized spacial score (nSPS) is 11.0. The summed E-state index contributed by atoms with van der Waals surface area (Å²) in [5.74, 6) is 1.82. The van der Waals surface area contributed by atoms with Gasteiger partial charge in [-0.15, -0.1) is 0 Å². The van der Waals surface area contributed by atoms with Gasteiger partial charge in [-0.05, 0) is 43.1 Å². The van der Waals surface area contributed by atoms with Gasteiger partial charge in [-0.25, -0.2) is 4.98 Å². The molecule has 1 aromatic heterocycles. The molecular formula is C17H21ClN2O. The monoisotopic (exact) mass is 304 g/mol.